The van der Waals surface area contributed by atoms with Crippen LogP contribution in [0.1, 0.15) is 48.6 Å². The minimum atomic E-state index is -1.56. The molecule has 3 atom stereocenters. The first-order valence-corrected chi connectivity index (χ1v) is 13.2. The van der Waals surface area contributed by atoms with Gasteiger partial charge in [-0.25, -0.2) is 4.39 Å². The quantitative estimate of drug-likeness (QED) is 0.313. The average molecular weight is 531 g/mol. The summed E-state index contributed by atoms with van der Waals surface area (Å²) < 4.78 is 45.2. The molecule has 0 aliphatic carbocycles. The average Bonchev–Trinajstić information content (AvgIpc) is 2.86. The van der Waals surface area contributed by atoms with Crippen molar-refractivity contribution < 1.29 is 23.0 Å². The van der Waals surface area contributed by atoms with Gasteiger partial charge >= 0.3 is 0 Å². The number of hydrogen-bond donors (Lipinski definition) is 2. The molecule has 208 valence electrons. The summed E-state index contributed by atoms with van der Waals surface area (Å²) in [5, 5.41) is 8.00. The number of ether oxygens (including phenoxy) is 3. The molecule has 0 radical (unpaired) electrons. The molecule has 2 aliphatic rings. The van der Waals surface area contributed by atoms with E-state index in [-0.39, 0.29) is 38.0 Å². The monoisotopic (exact) mass is 530 g/mol. The molecular formula is C29H40F2N4O3. The molecule has 4 rings (SSSR count). The zero-order valence-electron chi connectivity index (χ0n) is 22.8. The van der Waals surface area contributed by atoms with E-state index in [0.717, 1.165) is 36.3 Å². The van der Waals surface area contributed by atoms with E-state index >= 15 is 4.39 Å². The van der Waals surface area contributed by atoms with E-state index in [2.05, 4.69) is 16.7 Å². The molecule has 0 saturated carbocycles. The largest absolute Gasteiger partial charge is 0.496 e. The second kappa shape index (κ2) is 12.0. The topological polar surface area (TPSA) is 84.0 Å². The lowest BCUT2D eigenvalue weighted by atomic mass is 9.81. The maximum atomic E-state index is 15.6. The second-order valence-electron chi connectivity index (χ2n) is 10.7. The molecule has 2 aliphatic heterocycles. The predicted octanol–water partition coefficient (Wildman–Crippen LogP) is 4.41. The molecule has 0 unspecified atom stereocenters. The first-order chi connectivity index (χ1) is 18.2. The van der Waals surface area contributed by atoms with E-state index in [1.54, 1.807) is 14.0 Å². The highest BCUT2D eigenvalue weighted by Crippen LogP contribution is 2.44. The van der Waals surface area contributed by atoms with E-state index < -0.39 is 5.67 Å². The molecule has 0 aromatic heterocycles. The van der Waals surface area contributed by atoms with E-state index in [0.29, 0.717) is 35.6 Å². The van der Waals surface area contributed by atoms with Crippen LogP contribution in [-0.4, -0.2) is 87.5 Å². The van der Waals surface area contributed by atoms with Crippen LogP contribution in [0.25, 0.3) is 0 Å². The number of alkyl halides is 2. The van der Waals surface area contributed by atoms with Crippen molar-refractivity contribution in [1.82, 2.24) is 9.80 Å². The van der Waals surface area contributed by atoms with E-state index in [9.17, 15) is 4.39 Å². The number of benzene rings is 2. The Morgan fingerprint density at radius 3 is 2.58 bits per heavy atom. The minimum Gasteiger partial charge on any atom is -0.496 e. The molecule has 2 aromatic carbocycles. The van der Waals surface area contributed by atoms with Gasteiger partial charge in [-0.1, -0.05) is 6.07 Å². The smallest absolute Gasteiger partial charge is 0.144 e. The second-order valence-corrected chi connectivity index (χ2v) is 10.7. The molecule has 2 aromatic rings. The number of methoxy groups -OCH3 is 2. The zero-order valence-corrected chi connectivity index (χ0v) is 22.8. The summed E-state index contributed by atoms with van der Waals surface area (Å²) in [6, 6.07) is 9.26. The Morgan fingerprint density at radius 1 is 1.18 bits per heavy atom. The molecule has 0 amide bonds. The van der Waals surface area contributed by atoms with Crippen LogP contribution in [0.15, 0.2) is 30.3 Å². The lowest BCUT2D eigenvalue weighted by Crippen LogP contribution is -2.53. The van der Waals surface area contributed by atoms with Crippen LogP contribution in [0.3, 0.4) is 0 Å². The molecule has 3 N–H and O–H groups in total. The fourth-order valence-electron chi connectivity index (χ4n) is 5.77. The van der Waals surface area contributed by atoms with Gasteiger partial charge in [0.05, 0.1) is 26.4 Å². The third-order valence-electron chi connectivity index (χ3n) is 7.55. The van der Waals surface area contributed by atoms with Gasteiger partial charge in [0.25, 0.3) is 0 Å². The van der Waals surface area contributed by atoms with E-state index in [4.69, 9.17) is 25.4 Å². The molecule has 0 bridgehead atoms. The Morgan fingerprint density at radius 2 is 1.92 bits per heavy atom. The molecule has 9 heteroatoms. The normalized spacial score (nSPS) is 21.8. The number of nitrogens with two attached hydrogens (primary N) is 1. The number of nitrogens with zero attached hydrogens (tertiary/aromatic N) is 2. The van der Waals surface area contributed by atoms with Gasteiger partial charge in [0.15, 0.2) is 0 Å². The summed E-state index contributed by atoms with van der Waals surface area (Å²) in [6.45, 7) is 5.76. The van der Waals surface area contributed by atoms with Crippen molar-refractivity contribution in [2.24, 2.45) is 0 Å². The van der Waals surface area contributed by atoms with Gasteiger partial charge in [-0.2, -0.15) is 0 Å². The highest BCUT2D eigenvalue weighted by molar-refractivity contribution is 5.88. The molecule has 7 nitrogen and oxygen atoms in total. The Bertz CT molecular complexity index is 1120. The number of fused-ring (bicyclic) bond motifs is 1. The number of nitrogens with one attached hydrogen (secondary N) is 1. The van der Waals surface area contributed by atoms with Crippen LogP contribution in [0.2, 0.25) is 0 Å². The van der Waals surface area contributed by atoms with Crippen LogP contribution in [0, 0.1) is 5.41 Å². The van der Waals surface area contributed by atoms with Crippen molar-refractivity contribution in [3.63, 3.8) is 0 Å². The van der Waals surface area contributed by atoms with E-state index in [1.165, 1.54) is 13.3 Å². The van der Waals surface area contributed by atoms with Gasteiger partial charge in [-0.15, -0.1) is 0 Å². The molecular weight excluding hydrogens is 490 g/mol. The Labute approximate surface area is 224 Å². The third-order valence-corrected chi connectivity index (χ3v) is 7.55. The van der Waals surface area contributed by atoms with Crippen molar-refractivity contribution in [2.45, 2.75) is 50.5 Å². The number of anilines is 1. The Balaban J connectivity index is 1.69. The van der Waals surface area contributed by atoms with Crippen molar-refractivity contribution in [2.75, 3.05) is 59.4 Å². The number of nitrogen functional groups attached to an aromatic ring is 1. The van der Waals surface area contributed by atoms with Crippen LogP contribution < -0.4 is 15.2 Å². The van der Waals surface area contributed by atoms with Gasteiger partial charge in [-0.05, 0) is 56.0 Å². The van der Waals surface area contributed by atoms with Crippen LogP contribution in [-0.2, 0) is 11.2 Å². The third kappa shape index (κ3) is 5.95. The molecule has 2 heterocycles. The predicted molar refractivity (Wildman–Crippen MR) is 146 cm³/mol. The van der Waals surface area contributed by atoms with Crippen molar-refractivity contribution in [1.29, 1.82) is 5.41 Å². The summed E-state index contributed by atoms with van der Waals surface area (Å²) in [6.07, 6.45) is 2.55. The standard InChI is InChI=1S/C29H40F2N4O3/c1-19-12-24-22(8-9-26(33)25(24)14-32)28(35(19)17-29(2,31)18-36-3)23-7-6-20(13-27(23)37-4)38-21-15-34(16-21)11-5-10-30/h6-9,13-14,19,21,28,32H,5,10-12,15-18,33H2,1-4H3/t19-,28+,29-/m1/s1. The summed E-state index contributed by atoms with van der Waals surface area (Å²) >= 11 is 0. The molecule has 0 spiro atoms. The van der Waals surface area contributed by atoms with Crippen molar-refractivity contribution >= 4 is 11.9 Å². The Hall–Kier alpha value is -2.75. The maximum absolute atomic E-state index is 15.6. The van der Waals surface area contributed by atoms with Crippen molar-refractivity contribution in [3.05, 3.63) is 52.6 Å². The highest BCUT2D eigenvalue weighted by atomic mass is 19.1. The van der Waals surface area contributed by atoms with Gasteiger partial charge in [-0.3, -0.25) is 14.2 Å². The SMILES string of the molecule is COC[C@](C)(F)CN1[C@H](c2ccc(OC3CN(CCCF)C3)cc2OC)c2ccc(N)c(C=N)c2C[C@H]1C. The first kappa shape index (κ1) is 28.3. The number of likely N-dealkylation sites (tertiary alicyclic amines) is 1. The van der Waals surface area contributed by atoms with Gasteiger partial charge in [0.2, 0.25) is 0 Å². The summed E-state index contributed by atoms with van der Waals surface area (Å²) in [4.78, 5) is 4.33. The lowest BCUT2D eigenvalue weighted by molar-refractivity contribution is 0.00185. The fraction of sp³-hybridized carbons (Fsp3) is 0.552. The fourth-order valence-corrected chi connectivity index (χ4v) is 5.77. The summed E-state index contributed by atoms with van der Waals surface area (Å²) in [5.41, 5.74) is 8.82. The Kier molecular flexibility index (Phi) is 8.90. The lowest BCUT2D eigenvalue weighted by Gasteiger charge is -2.45. The zero-order chi connectivity index (χ0) is 27.4. The maximum Gasteiger partial charge on any atom is 0.144 e. The van der Waals surface area contributed by atoms with Gasteiger partial charge in [0, 0.05) is 68.4 Å². The number of rotatable bonds is 12. The summed E-state index contributed by atoms with van der Waals surface area (Å²) in [7, 11) is 3.13. The van der Waals surface area contributed by atoms with Crippen LogP contribution >= 0.6 is 0 Å². The number of halogens is 2. The van der Waals surface area contributed by atoms with Gasteiger partial charge in [0.1, 0.15) is 23.3 Å². The molecule has 38 heavy (non-hydrogen) atoms. The molecule has 1 fully saturated rings. The van der Waals surface area contributed by atoms with E-state index in [1.807, 2.05) is 30.3 Å². The van der Waals surface area contributed by atoms with Crippen LogP contribution in [0.5, 0.6) is 11.5 Å². The minimum absolute atomic E-state index is 0.0169. The van der Waals surface area contributed by atoms with Gasteiger partial charge < -0.3 is 25.4 Å². The van der Waals surface area contributed by atoms with Crippen molar-refractivity contribution in [3.8, 4) is 11.5 Å². The summed E-state index contributed by atoms with van der Waals surface area (Å²) in [5.74, 6) is 1.34. The first-order valence-electron chi connectivity index (χ1n) is 13.2. The number of hydrogen-bond acceptors (Lipinski definition) is 7. The molecule has 1 saturated heterocycles. The van der Waals surface area contributed by atoms with Crippen LogP contribution in [0.4, 0.5) is 14.5 Å². The highest BCUT2D eigenvalue weighted by Gasteiger charge is 2.40.